The standard InChI is InChI=1S/C29H23Cl3N4O3/c30-21-8-6-19(7-9-21)27-20(18-36(34-27)23-4-2-1-3-5-23)16-26(29(38)35-12-14-39-15-13-35)33-28(37)24-11-10-22(31)17-25(24)32/h1-11,16-18H,12-15H2,(H,33,37)/b26-16-. The maximum atomic E-state index is 13.7. The molecule has 39 heavy (non-hydrogen) atoms. The number of nitrogens with one attached hydrogen (secondary N) is 1. The van der Waals surface area contributed by atoms with Crippen LogP contribution in [0.15, 0.2) is 84.7 Å². The predicted molar refractivity (Wildman–Crippen MR) is 153 cm³/mol. The Kier molecular flexibility index (Phi) is 8.33. The lowest BCUT2D eigenvalue weighted by Crippen LogP contribution is -2.44. The molecule has 0 unspecified atom stereocenters. The van der Waals surface area contributed by atoms with E-state index in [-0.39, 0.29) is 22.2 Å². The van der Waals surface area contributed by atoms with E-state index < -0.39 is 5.91 Å². The molecule has 1 aromatic heterocycles. The molecule has 2 amide bonds. The van der Waals surface area contributed by atoms with E-state index in [1.807, 2.05) is 48.7 Å². The molecule has 2 heterocycles. The van der Waals surface area contributed by atoms with Crippen molar-refractivity contribution in [1.82, 2.24) is 20.0 Å². The van der Waals surface area contributed by atoms with E-state index in [9.17, 15) is 9.59 Å². The second-order valence-corrected chi connectivity index (χ2v) is 10.0. The van der Waals surface area contributed by atoms with Gasteiger partial charge in [0.05, 0.1) is 29.5 Å². The minimum Gasteiger partial charge on any atom is -0.378 e. The number of ether oxygens (including phenoxy) is 1. The van der Waals surface area contributed by atoms with Crippen molar-refractivity contribution < 1.29 is 14.3 Å². The lowest BCUT2D eigenvalue weighted by molar-refractivity contribution is -0.131. The van der Waals surface area contributed by atoms with Gasteiger partial charge >= 0.3 is 0 Å². The minimum atomic E-state index is -0.534. The summed E-state index contributed by atoms with van der Waals surface area (Å²) in [5.74, 6) is -0.876. The largest absolute Gasteiger partial charge is 0.378 e. The van der Waals surface area contributed by atoms with Gasteiger partial charge in [0.15, 0.2) is 0 Å². The summed E-state index contributed by atoms with van der Waals surface area (Å²) < 4.78 is 7.14. The fourth-order valence-corrected chi connectivity index (χ4v) is 4.77. The summed E-state index contributed by atoms with van der Waals surface area (Å²) in [5, 5.41) is 8.75. The molecule has 3 aromatic carbocycles. The summed E-state index contributed by atoms with van der Waals surface area (Å²) in [7, 11) is 0. The number of carbonyl (C=O) groups excluding carboxylic acids is 2. The van der Waals surface area contributed by atoms with Crippen LogP contribution in [-0.2, 0) is 9.53 Å². The Balaban J connectivity index is 1.60. The fraction of sp³-hybridized carbons (Fsp3) is 0.138. The number of hydrogen-bond acceptors (Lipinski definition) is 4. The highest BCUT2D eigenvalue weighted by Gasteiger charge is 2.24. The molecule has 1 saturated heterocycles. The lowest BCUT2D eigenvalue weighted by atomic mass is 10.1. The van der Waals surface area contributed by atoms with E-state index >= 15 is 0 Å². The van der Waals surface area contributed by atoms with Gasteiger partial charge in [-0.25, -0.2) is 4.68 Å². The summed E-state index contributed by atoms with van der Waals surface area (Å²) in [6, 6.07) is 21.4. The first-order chi connectivity index (χ1) is 18.9. The third kappa shape index (κ3) is 6.34. The maximum Gasteiger partial charge on any atom is 0.270 e. The van der Waals surface area contributed by atoms with Gasteiger partial charge in [0.2, 0.25) is 0 Å². The summed E-state index contributed by atoms with van der Waals surface area (Å²) >= 11 is 18.4. The van der Waals surface area contributed by atoms with Crippen LogP contribution >= 0.6 is 34.8 Å². The Morgan fingerprint density at radius 2 is 1.59 bits per heavy atom. The number of para-hydroxylation sites is 1. The molecule has 4 aromatic rings. The molecule has 198 valence electrons. The first kappa shape index (κ1) is 27.0. The van der Waals surface area contributed by atoms with Crippen LogP contribution in [0.1, 0.15) is 15.9 Å². The highest BCUT2D eigenvalue weighted by molar-refractivity contribution is 6.36. The number of benzene rings is 3. The van der Waals surface area contributed by atoms with Crippen LogP contribution in [0.5, 0.6) is 0 Å². The smallest absolute Gasteiger partial charge is 0.270 e. The zero-order valence-electron chi connectivity index (χ0n) is 20.6. The zero-order valence-corrected chi connectivity index (χ0v) is 22.9. The molecule has 1 N–H and O–H groups in total. The van der Waals surface area contributed by atoms with E-state index in [4.69, 9.17) is 44.6 Å². The average Bonchev–Trinajstić information content (AvgIpc) is 3.37. The van der Waals surface area contributed by atoms with Crippen molar-refractivity contribution in [2.75, 3.05) is 26.3 Å². The molecule has 0 bridgehead atoms. The van der Waals surface area contributed by atoms with E-state index in [2.05, 4.69) is 5.32 Å². The van der Waals surface area contributed by atoms with Crippen LogP contribution in [0.2, 0.25) is 15.1 Å². The highest BCUT2D eigenvalue weighted by atomic mass is 35.5. The molecule has 10 heteroatoms. The van der Waals surface area contributed by atoms with Gasteiger partial charge in [0.25, 0.3) is 11.8 Å². The Bertz CT molecular complexity index is 1530. The maximum absolute atomic E-state index is 13.7. The number of amides is 2. The Labute approximate surface area is 240 Å². The number of carbonyl (C=O) groups is 2. The second-order valence-electron chi connectivity index (χ2n) is 8.76. The van der Waals surface area contributed by atoms with Crippen LogP contribution < -0.4 is 5.32 Å². The normalized spacial score (nSPS) is 13.8. The molecular weight excluding hydrogens is 559 g/mol. The Morgan fingerprint density at radius 3 is 2.28 bits per heavy atom. The molecule has 0 spiro atoms. The SMILES string of the molecule is O=C(N/C(=C\c1cn(-c2ccccc2)nc1-c1ccc(Cl)cc1)C(=O)N1CCOCC1)c1ccc(Cl)cc1Cl. The van der Waals surface area contributed by atoms with E-state index in [0.717, 1.165) is 11.3 Å². The fourth-order valence-electron chi connectivity index (χ4n) is 4.14. The second kappa shape index (κ2) is 12.1. The molecule has 0 aliphatic carbocycles. The van der Waals surface area contributed by atoms with Crippen molar-refractivity contribution in [3.05, 3.63) is 111 Å². The Hall–Kier alpha value is -3.62. The van der Waals surface area contributed by atoms with Crippen molar-refractivity contribution in [3.63, 3.8) is 0 Å². The summed E-state index contributed by atoms with van der Waals surface area (Å²) in [6.07, 6.45) is 3.45. The molecule has 5 rings (SSSR count). The van der Waals surface area contributed by atoms with E-state index in [1.165, 1.54) is 12.1 Å². The number of halogens is 3. The van der Waals surface area contributed by atoms with Gasteiger partial charge < -0.3 is 15.0 Å². The first-order valence-electron chi connectivity index (χ1n) is 12.2. The van der Waals surface area contributed by atoms with Crippen LogP contribution in [0.25, 0.3) is 23.0 Å². The van der Waals surface area contributed by atoms with Gasteiger partial charge in [-0.3, -0.25) is 9.59 Å². The van der Waals surface area contributed by atoms with Gasteiger partial charge in [0, 0.05) is 40.5 Å². The third-order valence-electron chi connectivity index (χ3n) is 6.13. The topological polar surface area (TPSA) is 76.5 Å². The van der Waals surface area contributed by atoms with Crippen LogP contribution in [0.4, 0.5) is 0 Å². The van der Waals surface area contributed by atoms with Gasteiger partial charge in [-0.05, 0) is 48.5 Å². The number of rotatable bonds is 6. The quantitative estimate of drug-likeness (QED) is 0.278. The monoisotopic (exact) mass is 580 g/mol. The zero-order chi connectivity index (χ0) is 27.4. The highest BCUT2D eigenvalue weighted by Crippen LogP contribution is 2.28. The molecule has 1 aliphatic rings. The summed E-state index contributed by atoms with van der Waals surface area (Å²) in [5.41, 5.74) is 3.15. The van der Waals surface area contributed by atoms with Gasteiger partial charge in [-0.2, -0.15) is 5.10 Å². The van der Waals surface area contributed by atoms with Crippen molar-refractivity contribution in [1.29, 1.82) is 0 Å². The third-order valence-corrected chi connectivity index (χ3v) is 6.93. The van der Waals surface area contributed by atoms with Crippen molar-refractivity contribution >= 4 is 52.7 Å². The first-order valence-corrected chi connectivity index (χ1v) is 13.3. The van der Waals surface area contributed by atoms with Crippen LogP contribution in [0.3, 0.4) is 0 Å². The lowest BCUT2D eigenvalue weighted by Gasteiger charge is -2.28. The van der Waals surface area contributed by atoms with Crippen molar-refractivity contribution in [2.45, 2.75) is 0 Å². The summed E-state index contributed by atoms with van der Waals surface area (Å²) in [4.78, 5) is 28.6. The van der Waals surface area contributed by atoms with Gasteiger partial charge in [0.1, 0.15) is 11.4 Å². The van der Waals surface area contributed by atoms with Gasteiger partial charge in [-0.1, -0.05) is 65.1 Å². The van der Waals surface area contributed by atoms with E-state index in [0.29, 0.717) is 47.6 Å². The average molecular weight is 582 g/mol. The summed E-state index contributed by atoms with van der Waals surface area (Å²) in [6.45, 7) is 1.64. The van der Waals surface area contributed by atoms with Crippen LogP contribution in [-0.4, -0.2) is 52.8 Å². The van der Waals surface area contributed by atoms with Crippen LogP contribution in [0, 0.1) is 0 Å². The Morgan fingerprint density at radius 1 is 0.897 bits per heavy atom. The molecular formula is C29H23Cl3N4O3. The van der Waals surface area contributed by atoms with Crippen molar-refractivity contribution in [2.24, 2.45) is 0 Å². The van der Waals surface area contributed by atoms with Gasteiger partial charge in [-0.15, -0.1) is 0 Å². The number of nitrogens with zero attached hydrogens (tertiary/aromatic N) is 3. The molecule has 1 fully saturated rings. The predicted octanol–water partition coefficient (Wildman–Crippen LogP) is 6.13. The number of aromatic nitrogens is 2. The number of hydrogen-bond donors (Lipinski definition) is 1. The molecule has 0 atom stereocenters. The molecule has 0 saturated carbocycles. The molecule has 7 nitrogen and oxygen atoms in total. The van der Waals surface area contributed by atoms with E-state index in [1.54, 1.807) is 33.9 Å². The minimum absolute atomic E-state index is 0.0794. The van der Waals surface area contributed by atoms with Crippen molar-refractivity contribution in [3.8, 4) is 16.9 Å². The number of morpholine rings is 1. The molecule has 1 aliphatic heterocycles. The molecule has 0 radical (unpaired) electrons.